The Labute approximate surface area is 128 Å². The Morgan fingerprint density at radius 2 is 2.14 bits per heavy atom. The molecular formula is C18H15N3O. The van der Waals surface area contributed by atoms with Crippen LogP contribution in [-0.4, -0.2) is 22.4 Å². The third-order valence-electron chi connectivity index (χ3n) is 4.20. The number of aromatic nitrogens is 2. The van der Waals surface area contributed by atoms with Gasteiger partial charge in [0.15, 0.2) is 0 Å². The summed E-state index contributed by atoms with van der Waals surface area (Å²) in [5, 5.41) is 1.10. The van der Waals surface area contributed by atoms with E-state index in [0.717, 1.165) is 40.7 Å². The van der Waals surface area contributed by atoms with Crippen LogP contribution in [0.4, 0.5) is 5.69 Å². The number of hydrogen-bond donors (Lipinski definition) is 0. The number of carbonyl (C=O) groups excluding carboxylic acids is 1. The van der Waals surface area contributed by atoms with Gasteiger partial charge in [-0.3, -0.25) is 14.8 Å². The van der Waals surface area contributed by atoms with E-state index < -0.39 is 0 Å². The highest BCUT2D eigenvalue weighted by molar-refractivity contribution is 5.96. The summed E-state index contributed by atoms with van der Waals surface area (Å²) in [6.45, 7) is 2.38. The van der Waals surface area contributed by atoms with Crippen LogP contribution in [0, 0.1) is 0 Å². The quantitative estimate of drug-likeness (QED) is 0.691. The monoisotopic (exact) mass is 289 g/mol. The van der Waals surface area contributed by atoms with Gasteiger partial charge in [-0.2, -0.15) is 0 Å². The molecule has 4 rings (SSSR count). The minimum Gasteiger partial charge on any atom is -0.312 e. The van der Waals surface area contributed by atoms with Crippen LogP contribution in [0.1, 0.15) is 12.5 Å². The summed E-state index contributed by atoms with van der Waals surface area (Å²) in [6, 6.07) is 10.3. The standard InChI is InChI=1S/C18H15N3O/c1-12(22)21-8-6-14-9-13(4-5-18(14)21)16-10-19-11-17-15(16)3-2-7-20-17/h2-5,7,9-11H,6,8H2,1H3. The molecular weight excluding hydrogens is 274 g/mol. The van der Waals surface area contributed by atoms with E-state index in [1.807, 2.05) is 23.2 Å². The minimum absolute atomic E-state index is 0.0996. The van der Waals surface area contributed by atoms with Gasteiger partial charge in [-0.25, -0.2) is 0 Å². The van der Waals surface area contributed by atoms with Crippen LogP contribution < -0.4 is 4.90 Å². The van der Waals surface area contributed by atoms with Crippen molar-refractivity contribution < 1.29 is 4.79 Å². The molecule has 0 atom stereocenters. The minimum atomic E-state index is 0.0996. The van der Waals surface area contributed by atoms with Crippen molar-refractivity contribution in [3.05, 3.63) is 54.5 Å². The summed E-state index contributed by atoms with van der Waals surface area (Å²) in [4.78, 5) is 22.1. The molecule has 0 spiro atoms. The third-order valence-corrected chi connectivity index (χ3v) is 4.20. The summed E-state index contributed by atoms with van der Waals surface area (Å²) in [5.74, 6) is 0.0996. The van der Waals surface area contributed by atoms with Gasteiger partial charge in [-0.15, -0.1) is 0 Å². The molecule has 4 heteroatoms. The zero-order valence-electron chi connectivity index (χ0n) is 12.3. The molecule has 22 heavy (non-hydrogen) atoms. The van der Waals surface area contributed by atoms with Crippen molar-refractivity contribution in [1.82, 2.24) is 9.97 Å². The zero-order valence-corrected chi connectivity index (χ0v) is 12.3. The highest BCUT2D eigenvalue weighted by Gasteiger charge is 2.22. The van der Waals surface area contributed by atoms with Crippen LogP contribution in [0.3, 0.4) is 0 Å². The molecule has 4 nitrogen and oxygen atoms in total. The molecule has 0 saturated heterocycles. The average Bonchev–Trinajstić information content (AvgIpc) is 2.97. The van der Waals surface area contributed by atoms with Crippen LogP contribution in [0.2, 0.25) is 0 Å². The van der Waals surface area contributed by atoms with Crippen molar-refractivity contribution in [3.8, 4) is 11.1 Å². The molecule has 108 valence electrons. The fourth-order valence-corrected chi connectivity index (χ4v) is 3.13. The molecule has 0 bridgehead atoms. The Hall–Kier alpha value is -2.75. The maximum atomic E-state index is 11.6. The molecule has 1 aliphatic heterocycles. The van der Waals surface area contributed by atoms with Crippen molar-refractivity contribution in [2.75, 3.05) is 11.4 Å². The number of anilines is 1. The molecule has 2 aromatic heterocycles. The van der Waals surface area contributed by atoms with Gasteiger partial charge in [-0.05, 0) is 35.7 Å². The number of benzene rings is 1. The van der Waals surface area contributed by atoms with Gasteiger partial charge in [0.2, 0.25) is 5.91 Å². The zero-order chi connectivity index (χ0) is 15.1. The fraction of sp³-hybridized carbons (Fsp3) is 0.167. The molecule has 3 aromatic rings. The molecule has 1 aromatic carbocycles. The van der Waals surface area contributed by atoms with Gasteiger partial charge in [-0.1, -0.05) is 12.1 Å². The van der Waals surface area contributed by atoms with E-state index >= 15 is 0 Å². The second-order valence-electron chi connectivity index (χ2n) is 5.52. The lowest BCUT2D eigenvalue weighted by molar-refractivity contribution is -0.116. The van der Waals surface area contributed by atoms with Crippen LogP contribution >= 0.6 is 0 Å². The smallest absolute Gasteiger partial charge is 0.223 e. The summed E-state index contributed by atoms with van der Waals surface area (Å²) in [6.07, 6.45) is 6.34. The van der Waals surface area contributed by atoms with Crippen molar-refractivity contribution in [2.45, 2.75) is 13.3 Å². The Kier molecular flexibility index (Phi) is 2.89. The van der Waals surface area contributed by atoms with Crippen molar-refractivity contribution in [1.29, 1.82) is 0 Å². The van der Waals surface area contributed by atoms with Crippen molar-refractivity contribution >= 4 is 22.5 Å². The van der Waals surface area contributed by atoms with E-state index in [4.69, 9.17) is 0 Å². The lowest BCUT2D eigenvalue weighted by Gasteiger charge is -2.15. The van der Waals surface area contributed by atoms with E-state index in [1.54, 1.807) is 19.3 Å². The maximum Gasteiger partial charge on any atom is 0.223 e. The molecule has 1 amide bonds. The molecule has 0 fully saturated rings. The highest BCUT2D eigenvalue weighted by atomic mass is 16.2. The number of rotatable bonds is 1. The lowest BCUT2D eigenvalue weighted by atomic mass is 10.00. The van der Waals surface area contributed by atoms with Crippen molar-refractivity contribution in [2.24, 2.45) is 0 Å². The number of nitrogens with zero attached hydrogens (tertiary/aromatic N) is 3. The SMILES string of the molecule is CC(=O)N1CCc2cc(-c3cncc4ncccc34)ccc21. The number of fused-ring (bicyclic) bond motifs is 2. The van der Waals surface area contributed by atoms with Gasteiger partial charge in [0, 0.05) is 42.5 Å². The van der Waals surface area contributed by atoms with Gasteiger partial charge in [0.25, 0.3) is 0 Å². The summed E-state index contributed by atoms with van der Waals surface area (Å²) >= 11 is 0. The van der Waals surface area contributed by atoms with Crippen LogP contribution in [0.25, 0.3) is 22.0 Å². The number of hydrogen-bond acceptors (Lipinski definition) is 3. The van der Waals surface area contributed by atoms with E-state index in [9.17, 15) is 4.79 Å². The van der Waals surface area contributed by atoms with E-state index in [0.29, 0.717) is 0 Å². The molecule has 1 aliphatic rings. The molecule has 0 radical (unpaired) electrons. The Morgan fingerprint density at radius 3 is 3.00 bits per heavy atom. The first-order valence-electron chi connectivity index (χ1n) is 7.34. The second kappa shape index (κ2) is 4.91. The normalized spacial score (nSPS) is 13.4. The van der Waals surface area contributed by atoms with Crippen molar-refractivity contribution in [3.63, 3.8) is 0 Å². The van der Waals surface area contributed by atoms with E-state index in [1.165, 1.54) is 5.56 Å². The average molecular weight is 289 g/mol. The first-order valence-corrected chi connectivity index (χ1v) is 7.34. The Bertz CT molecular complexity index is 883. The molecule has 0 aliphatic carbocycles. The summed E-state index contributed by atoms with van der Waals surface area (Å²) in [5.41, 5.74) is 5.34. The summed E-state index contributed by atoms with van der Waals surface area (Å²) in [7, 11) is 0. The fourth-order valence-electron chi connectivity index (χ4n) is 3.13. The second-order valence-corrected chi connectivity index (χ2v) is 5.52. The van der Waals surface area contributed by atoms with Crippen LogP contribution in [0.15, 0.2) is 48.9 Å². The first kappa shape index (κ1) is 13.0. The Morgan fingerprint density at radius 1 is 1.23 bits per heavy atom. The number of amides is 1. The largest absolute Gasteiger partial charge is 0.312 e. The molecule has 0 unspecified atom stereocenters. The predicted molar refractivity (Wildman–Crippen MR) is 86.7 cm³/mol. The van der Waals surface area contributed by atoms with Gasteiger partial charge >= 0.3 is 0 Å². The highest BCUT2D eigenvalue weighted by Crippen LogP contribution is 2.34. The predicted octanol–water partition coefficient (Wildman–Crippen LogP) is 3.21. The Balaban J connectivity index is 1.86. The lowest BCUT2D eigenvalue weighted by Crippen LogP contribution is -2.25. The summed E-state index contributed by atoms with van der Waals surface area (Å²) < 4.78 is 0. The maximum absolute atomic E-state index is 11.6. The molecule has 0 saturated carbocycles. The van der Waals surface area contributed by atoms with E-state index in [2.05, 4.69) is 28.2 Å². The van der Waals surface area contributed by atoms with E-state index in [-0.39, 0.29) is 5.91 Å². The molecule has 3 heterocycles. The van der Waals surface area contributed by atoms with Crippen LogP contribution in [0.5, 0.6) is 0 Å². The molecule has 0 N–H and O–H groups in total. The third kappa shape index (κ3) is 1.96. The van der Waals surface area contributed by atoms with Gasteiger partial charge < -0.3 is 4.90 Å². The number of pyridine rings is 2. The topological polar surface area (TPSA) is 46.1 Å². The van der Waals surface area contributed by atoms with Gasteiger partial charge in [0.05, 0.1) is 11.7 Å². The van der Waals surface area contributed by atoms with Gasteiger partial charge in [0.1, 0.15) is 0 Å². The first-order chi connectivity index (χ1) is 10.7. The number of carbonyl (C=O) groups is 1. The van der Waals surface area contributed by atoms with Crippen LogP contribution in [-0.2, 0) is 11.2 Å².